The molecule has 1 N–H and O–H groups in total. The number of para-hydroxylation sites is 2. The number of hydrogen-bond donors (Lipinski definition) is 1. The first kappa shape index (κ1) is 22.9. The molecular formula is C23H20F3N5O3. The average molecular weight is 471 g/mol. The van der Waals surface area contributed by atoms with Gasteiger partial charge >= 0.3 is 6.18 Å². The molecule has 8 nitrogen and oxygen atoms in total. The molecule has 176 valence electrons. The van der Waals surface area contributed by atoms with Gasteiger partial charge in [-0.15, -0.1) is 0 Å². The highest BCUT2D eigenvalue weighted by atomic mass is 19.4. The molecule has 4 rings (SSSR count). The number of amides is 1. The first-order valence-corrected chi connectivity index (χ1v) is 10.2. The van der Waals surface area contributed by atoms with Gasteiger partial charge in [-0.05, 0) is 30.3 Å². The van der Waals surface area contributed by atoms with Gasteiger partial charge in [0.25, 0.3) is 5.91 Å². The van der Waals surface area contributed by atoms with Crippen LogP contribution in [0.2, 0.25) is 0 Å². The van der Waals surface area contributed by atoms with E-state index in [9.17, 15) is 18.0 Å². The van der Waals surface area contributed by atoms with Crippen LogP contribution < -0.4 is 14.8 Å². The second-order valence-electron chi connectivity index (χ2n) is 7.14. The largest absolute Gasteiger partial charge is 0.493 e. The van der Waals surface area contributed by atoms with Crippen LogP contribution in [0.4, 0.5) is 18.9 Å². The number of benzene rings is 2. The van der Waals surface area contributed by atoms with Gasteiger partial charge in [0.1, 0.15) is 12.4 Å². The third-order valence-electron chi connectivity index (χ3n) is 4.86. The van der Waals surface area contributed by atoms with E-state index in [2.05, 4.69) is 15.4 Å². The molecule has 0 aliphatic carbocycles. The Bertz CT molecular complexity index is 1270. The van der Waals surface area contributed by atoms with Gasteiger partial charge in [-0.1, -0.05) is 18.2 Å². The Kier molecular flexibility index (Phi) is 6.53. The summed E-state index contributed by atoms with van der Waals surface area (Å²) in [5.41, 5.74) is -0.371. The lowest BCUT2D eigenvalue weighted by Crippen LogP contribution is -2.15. The standard InChI is InChI=1S/C23H20F3N5O3/c1-33-20-14-31(17-6-4-5-16(13-17)23(24,25)26)29-21(20)22(32)28-18-7-2-3-8-19(18)34-12-11-30-10-9-27-15-30/h2-10,13-15H,11-12H2,1H3,(H,28,32). The molecule has 0 saturated carbocycles. The van der Waals surface area contributed by atoms with Gasteiger partial charge in [0, 0.05) is 12.4 Å². The van der Waals surface area contributed by atoms with Crippen LogP contribution in [0.25, 0.3) is 5.69 Å². The van der Waals surface area contributed by atoms with E-state index in [1.165, 1.54) is 25.4 Å². The molecule has 0 aliphatic rings. The van der Waals surface area contributed by atoms with Crippen LogP contribution in [0.15, 0.2) is 73.4 Å². The second-order valence-corrected chi connectivity index (χ2v) is 7.14. The normalized spacial score (nSPS) is 11.3. The fourth-order valence-corrected chi connectivity index (χ4v) is 3.18. The topological polar surface area (TPSA) is 83.2 Å². The summed E-state index contributed by atoms with van der Waals surface area (Å²) in [6, 6.07) is 11.5. The monoisotopic (exact) mass is 471 g/mol. The predicted octanol–water partition coefficient (Wildman–Crippen LogP) is 4.43. The summed E-state index contributed by atoms with van der Waals surface area (Å²) in [4.78, 5) is 16.9. The SMILES string of the molecule is COc1cn(-c2cccc(C(F)(F)F)c2)nc1C(=O)Nc1ccccc1OCCn1ccnc1. The third-order valence-corrected chi connectivity index (χ3v) is 4.86. The number of rotatable bonds is 8. The van der Waals surface area contributed by atoms with E-state index in [-0.39, 0.29) is 17.1 Å². The van der Waals surface area contributed by atoms with Gasteiger partial charge < -0.3 is 19.4 Å². The van der Waals surface area contributed by atoms with Crippen LogP contribution in [-0.4, -0.2) is 39.0 Å². The highest BCUT2D eigenvalue weighted by Crippen LogP contribution is 2.31. The van der Waals surface area contributed by atoms with Crippen molar-refractivity contribution in [1.82, 2.24) is 19.3 Å². The number of ether oxygens (including phenoxy) is 2. The maximum atomic E-state index is 13.1. The Morgan fingerprint density at radius 3 is 2.68 bits per heavy atom. The summed E-state index contributed by atoms with van der Waals surface area (Å²) in [6.07, 6.45) is 1.99. The van der Waals surface area contributed by atoms with E-state index in [1.54, 1.807) is 36.8 Å². The van der Waals surface area contributed by atoms with E-state index in [4.69, 9.17) is 9.47 Å². The summed E-state index contributed by atoms with van der Waals surface area (Å²) in [5.74, 6) is -0.0473. The predicted molar refractivity (Wildman–Crippen MR) is 117 cm³/mol. The smallest absolute Gasteiger partial charge is 0.416 e. The highest BCUT2D eigenvalue weighted by molar-refractivity contribution is 6.05. The number of hydrogen-bond acceptors (Lipinski definition) is 5. The molecule has 0 atom stereocenters. The molecule has 0 unspecified atom stereocenters. The highest BCUT2D eigenvalue weighted by Gasteiger charge is 2.31. The maximum Gasteiger partial charge on any atom is 0.416 e. The number of methoxy groups -OCH3 is 1. The van der Waals surface area contributed by atoms with Gasteiger partial charge in [0.2, 0.25) is 0 Å². The molecular weight excluding hydrogens is 451 g/mol. The van der Waals surface area contributed by atoms with Gasteiger partial charge in [0.05, 0.1) is 43.1 Å². The average Bonchev–Trinajstić information content (AvgIpc) is 3.50. The summed E-state index contributed by atoms with van der Waals surface area (Å²) in [7, 11) is 1.34. The molecule has 0 spiro atoms. The Morgan fingerprint density at radius 2 is 1.94 bits per heavy atom. The van der Waals surface area contributed by atoms with E-state index < -0.39 is 17.6 Å². The molecule has 0 aliphatic heterocycles. The van der Waals surface area contributed by atoms with Crippen molar-refractivity contribution in [3.05, 3.63) is 84.7 Å². The Labute approximate surface area is 192 Å². The summed E-state index contributed by atoms with van der Waals surface area (Å²) in [5, 5.41) is 6.88. The van der Waals surface area contributed by atoms with Crippen molar-refractivity contribution in [3.8, 4) is 17.2 Å². The molecule has 0 radical (unpaired) electrons. The van der Waals surface area contributed by atoms with E-state index in [1.807, 2.05) is 10.8 Å². The number of anilines is 1. The number of carbonyl (C=O) groups excluding carboxylic acids is 1. The van der Waals surface area contributed by atoms with Crippen molar-refractivity contribution >= 4 is 11.6 Å². The lowest BCUT2D eigenvalue weighted by Gasteiger charge is -2.12. The minimum atomic E-state index is -4.50. The fourth-order valence-electron chi connectivity index (χ4n) is 3.18. The van der Waals surface area contributed by atoms with Crippen LogP contribution in [0.5, 0.6) is 11.5 Å². The van der Waals surface area contributed by atoms with Gasteiger partial charge in [-0.2, -0.15) is 18.3 Å². The number of nitrogens with zero attached hydrogens (tertiary/aromatic N) is 4. The molecule has 0 bridgehead atoms. The van der Waals surface area contributed by atoms with Gasteiger partial charge in [-0.25, -0.2) is 9.67 Å². The van der Waals surface area contributed by atoms with Crippen molar-refractivity contribution in [2.24, 2.45) is 0 Å². The molecule has 1 amide bonds. The summed E-state index contributed by atoms with van der Waals surface area (Å²) in [6.45, 7) is 0.911. The Balaban J connectivity index is 1.52. The Hall–Kier alpha value is -4.28. The van der Waals surface area contributed by atoms with E-state index in [0.717, 1.165) is 16.8 Å². The van der Waals surface area contributed by atoms with Crippen molar-refractivity contribution in [2.45, 2.75) is 12.7 Å². The molecule has 4 aromatic rings. The molecule has 0 saturated heterocycles. The minimum absolute atomic E-state index is 0.0897. The quantitative estimate of drug-likeness (QED) is 0.411. The summed E-state index contributed by atoms with van der Waals surface area (Å²) >= 11 is 0. The lowest BCUT2D eigenvalue weighted by molar-refractivity contribution is -0.137. The molecule has 11 heteroatoms. The Morgan fingerprint density at radius 1 is 1.12 bits per heavy atom. The number of aromatic nitrogens is 4. The summed E-state index contributed by atoms with van der Waals surface area (Å²) < 4.78 is 53.3. The molecule has 34 heavy (non-hydrogen) atoms. The van der Waals surface area contributed by atoms with Crippen LogP contribution in [-0.2, 0) is 12.7 Å². The second kappa shape index (κ2) is 9.69. The first-order valence-electron chi connectivity index (χ1n) is 10.2. The zero-order chi connectivity index (χ0) is 24.1. The van der Waals surface area contributed by atoms with Crippen molar-refractivity contribution in [3.63, 3.8) is 0 Å². The zero-order valence-corrected chi connectivity index (χ0v) is 18.0. The van der Waals surface area contributed by atoms with Crippen molar-refractivity contribution in [2.75, 3.05) is 19.0 Å². The van der Waals surface area contributed by atoms with Crippen molar-refractivity contribution in [1.29, 1.82) is 0 Å². The zero-order valence-electron chi connectivity index (χ0n) is 18.0. The van der Waals surface area contributed by atoms with E-state index >= 15 is 0 Å². The van der Waals surface area contributed by atoms with Crippen LogP contribution in [0.3, 0.4) is 0 Å². The minimum Gasteiger partial charge on any atom is -0.493 e. The van der Waals surface area contributed by atoms with Crippen molar-refractivity contribution < 1.29 is 27.4 Å². The third kappa shape index (κ3) is 5.20. The maximum absolute atomic E-state index is 13.1. The molecule has 2 aromatic carbocycles. The number of carbonyl (C=O) groups is 1. The van der Waals surface area contributed by atoms with Gasteiger partial charge in [0.15, 0.2) is 11.4 Å². The van der Waals surface area contributed by atoms with Crippen LogP contribution in [0, 0.1) is 0 Å². The fraction of sp³-hybridized carbons (Fsp3) is 0.174. The lowest BCUT2D eigenvalue weighted by atomic mass is 10.2. The van der Waals surface area contributed by atoms with Crippen LogP contribution >= 0.6 is 0 Å². The first-order chi connectivity index (χ1) is 16.3. The van der Waals surface area contributed by atoms with Crippen LogP contribution in [0.1, 0.15) is 16.1 Å². The van der Waals surface area contributed by atoms with Gasteiger partial charge in [-0.3, -0.25) is 4.79 Å². The number of alkyl halides is 3. The number of imidazole rings is 1. The number of nitrogens with one attached hydrogen (secondary N) is 1. The number of halogens is 3. The molecule has 2 heterocycles. The molecule has 2 aromatic heterocycles. The molecule has 0 fully saturated rings. The van der Waals surface area contributed by atoms with E-state index in [0.29, 0.717) is 24.6 Å².